The lowest BCUT2D eigenvalue weighted by Crippen LogP contribution is -2.37. The van der Waals surface area contributed by atoms with Crippen molar-refractivity contribution in [2.45, 2.75) is 43.5 Å². The minimum atomic E-state index is -3.47. The number of halogens is 1. The van der Waals surface area contributed by atoms with E-state index in [2.05, 4.69) is 10.2 Å². The molecule has 8 heteroatoms. The van der Waals surface area contributed by atoms with Crippen LogP contribution in [0.1, 0.15) is 37.7 Å². The number of nitrogens with one attached hydrogen (secondary N) is 1. The van der Waals surface area contributed by atoms with Gasteiger partial charge in [-0.05, 0) is 80.7 Å². The number of likely N-dealkylation sites (tertiary alicyclic amines) is 1. The SMILES string of the molecule is O=C(Nc1ccc(S(=O)(=O)N2CCCCC2)cc1)C1CCN(Cc2ccc(F)cc2)CC1. The van der Waals surface area contributed by atoms with Crippen LogP contribution < -0.4 is 5.32 Å². The summed E-state index contributed by atoms with van der Waals surface area (Å²) in [5.74, 6) is -0.337. The Labute approximate surface area is 189 Å². The summed E-state index contributed by atoms with van der Waals surface area (Å²) in [6.45, 7) is 3.51. The van der Waals surface area contributed by atoms with Gasteiger partial charge in [-0.25, -0.2) is 12.8 Å². The van der Waals surface area contributed by atoms with Gasteiger partial charge < -0.3 is 5.32 Å². The predicted octanol–water partition coefficient (Wildman–Crippen LogP) is 3.85. The number of carbonyl (C=O) groups is 1. The average molecular weight is 460 g/mol. The van der Waals surface area contributed by atoms with Crippen molar-refractivity contribution in [3.8, 4) is 0 Å². The number of anilines is 1. The molecule has 0 bridgehead atoms. The van der Waals surface area contributed by atoms with E-state index in [9.17, 15) is 17.6 Å². The minimum Gasteiger partial charge on any atom is -0.326 e. The lowest BCUT2D eigenvalue weighted by molar-refractivity contribution is -0.121. The molecule has 1 amide bonds. The van der Waals surface area contributed by atoms with Crippen LogP contribution in [-0.4, -0.2) is 49.7 Å². The van der Waals surface area contributed by atoms with Gasteiger partial charge in [-0.2, -0.15) is 4.31 Å². The molecular formula is C24H30FN3O3S. The fourth-order valence-electron chi connectivity index (χ4n) is 4.41. The van der Waals surface area contributed by atoms with E-state index in [0.29, 0.717) is 18.8 Å². The number of carbonyl (C=O) groups excluding carboxylic acids is 1. The summed E-state index contributed by atoms with van der Waals surface area (Å²) in [5.41, 5.74) is 1.68. The van der Waals surface area contributed by atoms with E-state index >= 15 is 0 Å². The second-order valence-corrected chi connectivity index (χ2v) is 10.6. The van der Waals surface area contributed by atoms with E-state index in [1.54, 1.807) is 40.7 Å². The summed E-state index contributed by atoms with van der Waals surface area (Å²) in [6, 6.07) is 13.0. The number of piperidine rings is 2. The smallest absolute Gasteiger partial charge is 0.243 e. The van der Waals surface area contributed by atoms with Crippen molar-refractivity contribution in [3.05, 3.63) is 59.9 Å². The number of nitrogens with zero attached hydrogens (tertiary/aromatic N) is 2. The molecule has 2 aliphatic heterocycles. The number of sulfonamides is 1. The fourth-order valence-corrected chi connectivity index (χ4v) is 5.93. The van der Waals surface area contributed by atoms with Gasteiger partial charge in [0, 0.05) is 31.2 Å². The van der Waals surface area contributed by atoms with Gasteiger partial charge >= 0.3 is 0 Å². The lowest BCUT2D eigenvalue weighted by atomic mass is 9.95. The first-order chi connectivity index (χ1) is 15.4. The third-order valence-corrected chi connectivity index (χ3v) is 8.27. The molecule has 0 saturated carbocycles. The molecule has 2 aromatic carbocycles. The topological polar surface area (TPSA) is 69.7 Å². The highest BCUT2D eigenvalue weighted by atomic mass is 32.2. The predicted molar refractivity (Wildman–Crippen MR) is 122 cm³/mol. The largest absolute Gasteiger partial charge is 0.326 e. The van der Waals surface area contributed by atoms with Crippen molar-refractivity contribution in [2.24, 2.45) is 5.92 Å². The number of hydrogen-bond acceptors (Lipinski definition) is 4. The Morgan fingerprint density at radius 1 is 0.906 bits per heavy atom. The normalized spacial score (nSPS) is 19.0. The van der Waals surface area contributed by atoms with E-state index in [-0.39, 0.29) is 22.5 Å². The van der Waals surface area contributed by atoms with E-state index < -0.39 is 10.0 Å². The van der Waals surface area contributed by atoms with E-state index in [1.807, 2.05) is 0 Å². The zero-order chi connectivity index (χ0) is 22.6. The molecule has 2 heterocycles. The maximum absolute atomic E-state index is 13.1. The number of hydrogen-bond donors (Lipinski definition) is 1. The molecule has 0 radical (unpaired) electrons. The molecule has 0 spiro atoms. The van der Waals surface area contributed by atoms with Crippen molar-refractivity contribution in [3.63, 3.8) is 0 Å². The summed E-state index contributed by atoms with van der Waals surface area (Å²) in [7, 11) is -3.47. The van der Waals surface area contributed by atoms with Crippen LogP contribution in [0.4, 0.5) is 10.1 Å². The standard InChI is InChI=1S/C24H30FN3O3S/c25-21-6-4-19(5-7-21)18-27-16-12-20(13-17-27)24(29)26-22-8-10-23(11-9-22)32(30,31)28-14-2-1-3-15-28/h4-11,20H,1-3,12-18H2,(H,26,29). The fraction of sp³-hybridized carbons (Fsp3) is 0.458. The van der Waals surface area contributed by atoms with Crippen LogP contribution in [0.2, 0.25) is 0 Å². The maximum Gasteiger partial charge on any atom is 0.243 e. The molecule has 2 aromatic rings. The van der Waals surface area contributed by atoms with Crippen molar-refractivity contribution in [1.82, 2.24) is 9.21 Å². The third kappa shape index (κ3) is 5.54. The molecule has 4 rings (SSSR count). The zero-order valence-electron chi connectivity index (χ0n) is 18.2. The van der Waals surface area contributed by atoms with Crippen LogP contribution in [0.25, 0.3) is 0 Å². The summed E-state index contributed by atoms with van der Waals surface area (Å²) in [5, 5.41) is 2.93. The Morgan fingerprint density at radius 2 is 1.53 bits per heavy atom. The third-order valence-electron chi connectivity index (χ3n) is 6.35. The van der Waals surface area contributed by atoms with Gasteiger partial charge in [0.15, 0.2) is 0 Å². The molecule has 0 aliphatic carbocycles. The molecular weight excluding hydrogens is 429 g/mol. The Hall–Kier alpha value is -2.29. The Bertz CT molecular complexity index is 1010. The first-order valence-corrected chi connectivity index (χ1v) is 12.7. The monoisotopic (exact) mass is 459 g/mol. The first kappa shape index (κ1) is 22.9. The minimum absolute atomic E-state index is 0.0296. The average Bonchev–Trinajstić information content (AvgIpc) is 2.82. The first-order valence-electron chi connectivity index (χ1n) is 11.3. The molecule has 0 atom stereocenters. The summed E-state index contributed by atoms with van der Waals surface area (Å²) in [6.07, 6.45) is 4.39. The van der Waals surface area contributed by atoms with Crippen molar-refractivity contribution >= 4 is 21.6 Å². The van der Waals surface area contributed by atoms with Gasteiger partial charge in [0.25, 0.3) is 0 Å². The maximum atomic E-state index is 13.1. The number of rotatable bonds is 6. The van der Waals surface area contributed by atoms with Gasteiger partial charge in [-0.3, -0.25) is 9.69 Å². The zero-order valence-corrected chi connectivity index (χ0v) is 19.0. The van der Waals surface area contributed by atoms with E-state index in [1.165, 1.54) is 12.1 Å². The van der Waals surface area contributed by atoms with Gasteiger partial charge in [0.2, 0.25) is 15.9 Å². The summed E-state index contributed by atoms with van der Waals surface area (Å²) < 4.78 is 40.1. The van der Waals surface area contributed by atoms with Crippen LogP contribution in [0.5, 0.6) is 0 Å². The van der Waals surface area contributed by atoms with Gasteiger partial charge in [0.1, 0.15) is 5.82 Å². The van der Waals surface area contributed by atoms with Gasteiger partial charge in [0.05, 0.1) is 4.90 Å². The van der Waals surface area contributed by atoms with Crippen LogP contribution in [0, 0.1) is 11.7 Å². The Kier molecular flexibility index (Phi) is 7.23. The number of amides is 1. The second kappa shape index (κ2) is 10.1. The highest BCUT2D eigenvalue weighted by Gasteiger charge is 2.27. The highest BCUT2D eigenvalue weighted by Crippen LogP contribution is 2.24. The lowest BCUT2D eigenvalue weighted by Gasteiger charge is -2.31. The van der Waals surface area contributed by atoms with Crippen molar-refractivity contribution < 1.29 is 17.6 Å². The Balaban J connectivity index is 1.28. The van der Waals surface area contributed by atoms with Crippen LogP contribution in [0.3, 0.4) is 0 Å². The Morgan fingerprint density at radius 3 is 2.16 bits per heavy atom. The quantitative estimate of drug-likeness (QED) is 0.712. The highest BCUT2D eigenvalue weighted by molar-refractivity contribution is 7.89. The van der Waals surface area contributed by atoms with Crippen LogP contribution in [0.15, 0.2) is 53.4 Å². The molecule has 172 valence electrons. The second-order valence-electron chi connectivity index (χ2n) is 8.66. The van der Waals surface area contributed by atoms with E-state index in [0.717, 1.165) is 57.3 Å². The molecule has 0 aromatic heterocycles. The molecule has 2 saturated heterocycles. The molecule has 2 aliphatic rings. The van der Waals surface area contributed by atoms with E-state index in [4.69, 9.17) is 0 Å². The van der Waals surface area contributed by atoms with Crippen LogP contribution in [-0.2, 0) is 21.4 Å². The van der Waals surface area contributed by atoms with Crippen LogP contribution >= 0.6 is 0 Å². The van der Waals surface area contributed by atoms with Gasteiger partial charge in [-0.15, -0.1) is 0 Å². The molecule has 6 nitrogen and oxygen atoms in total. The van der Waals surface area contributed by atoms with Gasteiger partial charge in [-0.1, -0.05) is 18.6 Å². The molecule has 32 heavy (non-hydrogen) atoms. The van der Waals surface area contributed by atoms with Crippen molar-refractivity contribution in [2.75, 3.05) is 31.5 Å². The summed E-state index contributed by atoms with van der Waals surface area (Å²) >= 11 is 0. The molecule has 1 N–H and O–H groups in total. The van der Waals surface area contributed by atoms with Crippen molar-refractivity contribution in [1.29, 1.82) is 0 Å². The number of benzene rings is 2. The molecule has 2 fully saturated rings. The summed E-state index contributed by atoms with van der Waals surface area (Å²) in [4.78, 5) is 15.2. The molecule has 0 unspecified atom stereocenters.